The molecular weight excluding hydrogens is 520 g/mol. The number of aryl methyl sites for hydroxylation is 2. The molecule has 0 saturated heterocycles. The van der Waals surface area contributed by atoms with Gasteiger partial charge >= 0.3 is 0 Å². The second-order valence-corrected chi connectivity index (χ2v) is 11.3. The molecule has 0 radical (unpaired) electrons. The van der Waals surface area contributed by atoms with Gasteiger partial charge in [0.25, 0.3) is 0 Å². The van der Waals surface area contributed by atoms with Gasteiger partial charge < -0.3 is 19.7 Å². The number of hydrogen-bond acceptors (Lipinski definition) is 4. The Morgan fingerprint density at radius 3 is 1.24 bits per heavy atom. The summed E-state index contributed by atoms with van der Waals surface area (Å²) in [5.41, 5.74) is 4.63. The highest BCUT2D eigenvalue weighted by Crippen LogP contribution is 2.50. The zero-order chi connectivity index (χ0) is 29.4. The van der Waals surface area contributed by atoms with Crippen molar-refractivity contribution in [3.8, 4) is 22.6 Å². The van der Waals surface area contributed by atoms with Crippen LogP contribution in [0.15, 0.2) is 84.9 Å². The topological polar surface area (TPSA) is 58.9 Å². The fraction of sp³-hybridized carbons (Fsp3) is 0.263. The maximum Gasteiger partial charge on any atom is 0.135 e. The van der Waals surface area contributed by atoms with Crippen LogP contribution in [0.2, 0.25) is 0 Å². The highest BCUT2D eigenvalue weighted by atomic mass is 16.5. The molecule has 0 aliphatic rings. The molecule has 42 heavy (non-hydrogen) atoms. The highest BCUT2D eigenvalue weighted by Gasteiger charge is 2.23. The third-order valence-electron chi connectivity index (χ3n) is 8.29. The maximum atomic E-state index is 10.4. The predicted molar refractivity (Wildman–Crippen MR) is 175 cm³/mol. The summed E-state index contributed by atoms with van der Waals surface area (Å²) in [6, 6.07) is 29.9. The smallest absolute Gasteiger partial charge is 0.135 e. The van der Waals surface area contributed by atoms with E-state index in [1.54, 1.807) is 0 Å². The summed E-state index contributed by atoms with van der Waals surface area (Å²) in [4.78, 5) is 0. The standard InChI is InChI=1S/C38H38O4/c1-5-25(39)21-41-37-29-13-9-7-11-27(29)35(33-19-23(3)15-17-31(33)37)36-28-12-8-10-14-30(28)38(42-22-26(40)6-2)32-18-16-24(4)20-34(32)36/h7-20,25-26,39-40H,5-6,21-22H2,1-4H3. The molecule has 0 spiro atoms. The maximum absolute atomic E-state index is 10.4. The van der Waals surface area contributed by atoms with Crippen LogP contribution in [0.5, 0.6) is 11.5 Å². The van der Waals surface area contributed by atoms with E-state index in [9.17, 15) is 10.2 Å². The summed E-state index contributed by atoms with van der Waals surface area (Å²) in [6.45, 7) is 8.65. The molecule has 0 saturated carbocycles. The van der Waals surface area contributed by atoms with Gasteiger partial charge in [-0.3, -0.25) is 0 Å². The number of aliphatic hydroxyl groups excluding tert-OH is 2. The molecule has 0 aliphatic carbocycles. The fourth-order valence-electron chi connectivity index (χ4n) is 5.95. The van der Waals surface area contributed by atoms with Crippen molar-refractivity contribution in [2.24, 2.45) is 0 Å². The number of benzene rings is 6. The average molecular weight is 559 g/mol. The molecule has 0 aliphatic heterocycles. The van der Waals surface area contributed by atoms with Crippen molar-refractivity contribution in [3.63, 3.8) is 0 Å². The molecule has 6 rings (SSSR count). The third-order valence-corrected chi connectivity index (χ3v) is 8.29. The Labute approximate surface area is 247 Å². The SMILES string of the molecule is CCC(O)COc1c2ccccc2c(-c2c3ccccc3c(OCC(O)CC)c3ccc(C)cc23)c2cc(C)ccc12. The molecule has 4 nitrogen and oxygen atoms in total. The van der Waals surface area contributed by atoms with E-state index in [-0.39, 0.29) is 13.2 Å². The summed E-state index contributed by atoms with van der Waals surface area (Å²) in [6.07, 6.45) is 0.208. The molecule has 0 heterocycles. The number of fused-ring (bicyclic) bond motifs is 4. The Kier molecular flexibility index (Phi) is 7.76. The quantitative estimate of drug-likeness (QED) is 0.174. The van der Waals surface area contributed by atoms with E-state index in [0.717, 1.165) is 76.8 Å². The minimum Gasteiger partial charge on any atom is -0.490 e. The Bertz CT molecular complexity index is 1780. The lowest BCUT2D eigenvalue weighted by Gasteiger charge is -2.23. The Morgan fingerprint density at radius 2 is 0.857 bits per heavy atom. The van der Waals surface area contributed by atoms with Gasteiger partial charge in [-0.15, -0.1) is 0 Å². The summed E-state index contributed by atoms with van der Waals surface area (Å²) in [5, 5.41) is 29.2. The van der Waals surface area contributed by atoms with Gasteiger partial charge in [0, 0.05) is 21.5 Å². The van der Waals surface area contributed by atoms with Crippen molar-refractivity contribution in [1.29, 1.82) is 0 Å². The van der Waals surface area contributed by atoms with Gasteiger partial charge in [-0.2, -0.15) is 0 Å². The summed E-state index contributed by atoms with van der Waals surface area (Å²) >= 11 is 0. The highest BCUT2D eigenvalue weighted by molar-refractivity contribution is 6.26. The van der Waals surface area contributed by atoms with E-state index < -0.39 is 12.2 Å². The molecular formula is C38H38O4. The van der Waals surface area contributed by atoms with Crippen LogP contribution in [0.25, 0.3) is 54.2 Å². The molecule has 0 amide bonds. The van der Waals surface area contributed by atoms with E-state index in [0.29, 0.717) is 12.8 Å². The molecule has 2 N–H and O–H groups in total. The predicted octanol–water partition coefficient (Wildman–Crippen LogP) is 8.88. The molecule has 0 aromatic heterocycles. The van der Waals surface area contributed by atoms with Gasteiger partial charge in [-0.25, -0.2) is 0 Å². The van der Waals surface area contributed by atoms with Crippen LogP contribution in [0, 0.1) is 13.8 Å². The Balaban J connectivity index is 1.76. The van der Waals surface area contributed by atoms with Crippen LogP contribution in [0.1, 0.15) is 37.8 Å². The third kappa shape index (κ3) is 4.95. The van der Waals surface area contributed by atoms with Gasteiger partial charge in [0.15, 0.2) is 0 Å². The lowest BCUT2D eigenvalue weighted by molar-refractivity contribution is 0.106. The Morgan fingerprint density at radius 1 is 0.500 bits per heavy atom. The molecule has 2 unspecified atom stereocenters. The van der Waals surface area contributed by atoms with E-state index >= 15 is 0 Å². The number of aliphatic hydroxyl groups is 2. The van der Waals surface area contributed by atoms with Gasteiger partial charge in [-0.05, 0) is 59.4 Å². The van der Waals surface area contributed by atoms with Gasteiger partial charge in [0.2, 0.25) is 0 Å². The van der Waals surface area contributed by atoms with Crippen molar-refractivity contribution in [3.05, 3.63) is 96.1 Å². The summed E-state index contributed by atoms with van der Waals surface area (Å²) < 4.78 is 12.8. The van der Waals surface area contributed by atoms with Crippen LogP contribution in [-0.4, -0.2) is 35.6 Å². The lowest BCUT2D eigenvalue weighted by Crippen LogP contribution is -2.16. The normalized spacial score (nSPS) is 13.2. The molecule has 4 heteroatoms. The molecule has 0 fully saturated rings. The zero-order valence-electron chi connectivity index (χ0n) is 24.8. The number of ether oxygens (including phenoxy) is 2. The monoisotopic (exact) mass is 558 g/mol. The van der Waals surface area contributed by atoms with Crippen molar-refractivity contribution in [2.75, 3.05) is 13.2 Å². The largest absolute Gasteiger partial charge is 0.490 e. The second-order valence-electron chi connectivity index (χ2n) is 11.3. The van der Waals surface area contributed by atoms with Crippen LogP contribution >= 0.6 is 0 Å². The van der Waals surface area contributed by atoms with Gasteiger partial charge in [0.1, 0.15) is 24.7 Å². The first-order valence-corrected chi connectivity index (χ1v) is 14.9. The average Bonchev–Trinajstić information content (AvgIpc) is 3.01. The first kappa shape index (κ1) is 28.0. The van der Waals surface area contributed by atoms with Crippen molar-refractivity contribution < 1.29 is 19.7 Å². The fourth-order valence-corrected chi connectivity index (χ4v) is 5.95. The van der Waals surface area contributed by atoms with Crippen molar-refractivity contribution >= 4 is 43.1 Å². The van der Waals surface area contributed by atoms with Gasteiger partial charge in [-0.1, -0.05) is 110 Å². The summed E-state index contributed by atoms with van der Waals surface area (Å²) in [7, 11) is 0. The van der Waals surface area contributed by atoms with Crippen molar-refractivity contribution in [2.45, 2.75) is 52.7 Å². The molecule has 6 aromatic carbocycles. The summed E-state index contributed by atoms with van der Waals surface area (Å²) in [5.74, 6) is 1.60. The van der Waals surface area contributed by atoms with Crippen LogP contribution in [0.3, 0.4) is 0 Å². The van der Waals surface area contributed by atoms with Gasteiger partial charge in [0.05, 0.1) is 12.2 Å². The van der Waals surface area contributed by atoms with E-state index in [1.807, 2.05) is 26.0 Å². The van der Waals surface area contributed by atoms with E-state index in [4.69, 9.17) is 9.47 Å². The second kappa shape index (κ2) is 11.6. The minimum atomic E-state index is -0.529. The lowest BCUT2D eigenvalue weighted by atomic mass is 9.84. The molecule has 2 atom stereocenters. The van der Waals surface area contributed by atoms with Crippen molar-refractivity contribution in [1.82, 2.24) is 0 Å². The minimum absolute atomic E-state index is 0.240. The van der Waals surface area contributed by atoms with E-state index in [1.165, 1.54) is 0 Å². The first-order chi connectivity index (χ1) is 20.4. The Hall–Kier alpha value is -4.12. The molecule has 6 aromatic rings. The molecule has 0 bridgehead atoms. The van der Waals surface area contributed by atoms with Crippen LogP contribution < -0.4 is 9.47 Å². The number of hydrogen-bond donors (Lipinski definition) is 2. The number of rotatable bonds is 9. The molecule has 214 valence electrons. The van der Waals surface area contributed by atoms with Crippen LogP contribution in [0.4, 0.5) is 0 Å². The van der Waals surface area contributed by atoms with E-state index in [2.05, 4.69) is 86.6 Å². The zero-order valence-corrected chi connectivity index (χ0v) is 24.8. The first-order valence-electron chi connectivity index (χ1n) is 14.9. The van der Waals surface area contributed by atoms with Crippen LogP contribution in [-0.2, 0) is 0 Å².